The van der Waals surface area contributed by atoms with Gasteiger partial charge in [0, 0.05) is 6.08 Å². The van der Waals surface area contributed by atoms with Crippen molar-refractivity contribution in [3.8, 4) is 0 Å². The van der Waals surface area contributed by atoms with Crippen molar-refractivity contribution >= 4 is 20.4 Å². The SMILES string of the molecule is Cc1ccc(/C=C/C(=O)O[Si](C)(C)C)cc1. The van der Waals surface area contributed by atoms with Crippen LogP contribution >= 0.6 is 0 Å². The molecule has 1 aromatic carbocycles. The van der Waals surface area contributed by atoms with Crippen LogP contribution in [0.3, 0.4) is 0 Å². The summed E-state index contributed by atoms with van der Waals surface area (Å²) < 4.78 is 5.30. The maximum Gasteiger partial charge on any atom is 0.317 e. The van der Waals surface area contributed by atoms with Gasteiger partial charge in [-0.1, -0.05) is 29.8 Å². The molecule has 0 amide bonds. The van der Waals surface area contributed by atoms with Gasteiger partial charge in [-0.25, -0.2) is 4.79 Å². The van der Waals surface area contributed by atoms with Gasteiger partial charge in [-0.2, -0.15) is 0 Å². The molecule has 0 bridgehead atoms. The van der Waals surface area contributed by atoms with Gasteiger partial charge in [0.15, 0.2) is 0 Å². The number of carbonyl (C=O) groups excluding carboxylic acids is 1. The molecular weight excluding hydrogens is 216 g/mol. The van der Waals surface area contributed by atoms with E-state index in [1.54, 1.807) is 6.08 Å². The molecule has 0 aliphatic carbocycles. The molecule has 0 atom stereocenters. The Morgan fingerprint density at radius 3 is 2.25 bits per heavy atom. The van der Waals surface area contributed by atoms with E-state index in [1.165, 1.54) is 11.6 Å². The van der Waals surface area contributed by atoms with Crippen molar-refractivity contribution in [1.29, 1.82) is 0 Å². The maximum atomic E-state index is 11.4. The molecular formula is C13H18O2Si. The molecule has 0 aliphatic rings. The fourth-order valence-electron chi connectivity index (χ4n) is 1.18. The molecule has 1 aromatic rings. The smallest absolute Gasteiger partial charge is 0.317 e. The normalized spacial score (nSPS) is 11.8. The molecule has 1 rings (SSSR count). The summed E-state index contributed by atoms with van der Waals surface area (Å²) in [5.74, 6) is -0.250. The minimum Gasteiger partial charge on any atom is -0.517 e. The highest BCUT2D eigenvalue weighted by atomic mass is 28.4. The largest absolute Gasteiger partial charge is 0.517 e. The lowest BCUT2D eigenvalue weighted by Gasteiger charge is -2.15. The fraction of sp³-hybridized carbons (Fsp3) is 0.308. The second kappa shape index (κ2) is 5.12. The van der Waals surface area contributed by atoms with Gasteiger partial charge in [-0.15, -0.1) is 0 Å². The maximum absolute atomic E-state index is 11.4. The summed E-state index contributed by atoms with van der Waals surface area (Å²) in [5, 5.41) is 0. The van der Waals surface area contributed by atoms with Crippen LogP contribution in [0.2, 0.25) is 19.6 Å². The summed E-state index contributed by atoms with van der Waals surface area (Å²) in [6.45, 7) is 8.01. The Kier molecular flexibility index (Phi) is 4.07. The van der Waals surface area contributed by atoms with Crippen molar-refractivity contribution in [2.24, 2.45) is 0 Å². The van der Waals surface area contributed by atoms with Gasteiger partial charge in [-0.3, -0.25) is 0 Å². The summed E-state index contributed by atoms with van der Waals surface area (Å²) in [5.41, 5.74) is 2.22. The molecule has 0 aromatic heterocycles. The average Bonchev–Trinajstić information content (AvgIpc) is 2.14. The van der Waals surface area contributed by atoms with Gasteiger partial charge >= 0.3 is 5.97 Å². The average molecular weight is 234 g/mol. The van der Waals surface area contributed by atoms with Crippen LogP contribution in [0.5, 0.6) is 0 Å². The van der Waals surface area contributed by atoms with E-state index in [0.29, 0.717) is 0 Å². The fourth-order valence-corrected chi connectivity index (χ4v) is 1.85. The highest BCUT2D eigenvalue weighted by Gasteiger charge is 2.17. The van der Waals surface area contributed by atoms with Crippen LogP contribution in [0.15, 0.2) is 30.3 Å². The van der Waals surface area contributed by atoms with E-state index in [0.717, 1.165) is 5.56 Å². The summed E-state index contributed by atoms with van der Waals surface area (Å²) >= 11 is 0. The molecule has 16 heavy (non-hydrogen) atoms. The second-order valence-electron chi connectivity index (χ2n) is 4.78. The molecule has 86 valence electrons. The van der Waals surface area contributed by atoms with Crippen LogP contribution in [0, 0.1) is 6.92 Å². The van der Waals surface area contributed by atoms with Crippen LogP contribution in [0.1, 0.15) is 11.1 Å². The summed E-state index contributed by atoms with van der Waals surface area (Å²) in [7, 11) is -1.77. The lowest BCUT2D eigenvalue weighted by molar-refractivity contribution is -0.129. The first-order chi connectivity index (χ1) is 7.37. The van der Waals surface area contributed by atoms with E-state index in [1.807, 2.05) is 50.8 Å². The topological polar surface area (TPSA) is 26.3 Å². The van der Waals surface area contributed by atoms with Gasteiger partial charge in [0.05, 0.1) is 0 Å². The second-order valence-corrected chi connectivity index (χ2v) is 9.21. The van der Waals surface area contributed by atoms with E-state index in [2.05, 4.69) is 0 Å². The number of benzene rings is 1. The van der Waals surface area contributed by atoms with E-state index in [4.69, 9.17) is 4.43 Å². The first kappa shape index (κ1) is 12.7. The molecule has 0 saturated heterocycles. The van der Waals surface area contributed by atoms with Crippen molar-refractivity contribution in [3.05, 3.63) is 41.5 Å². The molecule has 0 fully saturated rings. The molecule has 0 N–H and O–H groups in total. The summed E-state index contributed by atoms with van der Waals surface area (Å²) in [6.07, 6.45) is 3.27. The molecule has 3 heteroatoms. The number of aryl methyl sites for hydroxylation is 1. The quantitative estimate of drug-likeness (QED) is 0.592. The van der Waals surface area contributed by atoms with Gasteiger partial charge in [-0.05, 0) is 38.2 Å². The molecule has 0 unspecified atom stereocenters. The highest BCUT2D eigenvalue weighted by Crippen LogP contribution is 2.07. The summed E-state index contributed by atoms with van der Waals surface area (Å²) in [6, 6.07) is 7.99. The van der Waals surface area contributed by atoms with Crippen molar-refractivity contribution in [3.63, 3.8) is 0 Å². The number of rotatable bonds is 3. The van der Waals surface area contributed by atoms with Crippen LogP contribution in [-0.4, -0.2) is 14.3 Å². The molecule has 0 aliphatic heterocycles. The first-order valence-electron chi connectivity index (χ1n) is 5.34. The Bertz CT molecular complexity index is 385. The minimum atomic E-state index is -1.77. The predicted octanol–water partition coefficient (Wildman–Crippen LogP) is 3.39. The minimum absolute atomic E-state index is 0.250. The zero-order valence-corrected chi connectivity index (χ0v) is 11.3. The molecule has 0 radical (unpaired) electrons. The Hall–Kier alpha value is -1.35. The standard InChI is InChI=1S/C13H18O2Si/c1-11-5-7-12(8-6-11)9-10-13(14)15-16(2,3)4/h5-10H,1-4H3/b10-9+. The monoisotopic (exact) mass is 234 g/mol. The third kappa shape index (κ3) is 4.93. The third-order valence-electron chi connectivity index (χ3n) is 1.90. The number of carbonyl (C=O) groups is 1. The van der Waals surface area contributed by atoms with Crippen molar-refractivity contribution < 1.29 is 9.22 Å². The van der Waals surface area contributed by atoms with Gasteiger partial charge in [0.1, 0.15) is 0 Å². The molecule has 0 spiro atoms. The Balaban J connectivity index is 2.60. The number of hydrogen-bond donors (Lipinski definition) is 0. The zero-order chi connectivity index (χ0) is 12.2. The van der Waals surface area contributed by atoms with E-state index in [9.17, 15) is 4.79 Å². The van der Waals surface area contributed by atoms with Gasteiger partial charge in [0.2, 0.25) is 8.32 Å². The third-order valence-corrected chi connectivity index (χ3v) is 2.71. The van der Waals surface area contributed by atoms with E-state index >= 15 is 0 Å². The van der Waals surface area contributed by atoms with Crippen molar-refractivity contribution in [1.82, 2.24) is 0 Å². The first-order valence-corrected chi connectivity index (χ1v) is 8.75. The Labute approximate surface area is 98.1 Å². The lowest BCUT2D eigenvalue weighted by Crippen LogP contribution is -2.28. The van der Waals surface area contributed by atoms with Crippen LogP contribution in [-0.2, 0) is 9.22 Å². The zero-order valence-electron chi connectivity index (χ0n) is 10.3. The highest BCUT2D eigenvalue weighted by molar-refractivity contribution is 6.71. The predicted molar refractivity (Wildman–Crippen MR) is 69.7 cm³/mol. The number of hydrogen-bond acceptors (Lipinski definition) is 2. The van der Waals surface area contributed by atoms with Gasteiger partial charge in [0.25, 0.3) is 0 Å². The molecule has 2 nitrogen and oxygen atoms in total. The lowest BCUT2D eigenvalue weighted by atomic mass is 10.1. The summed E-state index contributed by atoms with van der Waals surface area (Å²) in [4.78, 5) is 11.4. The van der Waals surface area contributed by atoms with E-state index in [-0.39, 0.29) is 5.97 Å². The Morgan fingerprint density at radius 1 is 1.19 bits per heavy atom. The molecule has 0 saturated carbocycles. The Morgan fingerprint density at radius 2 is 1.75 bits per heavy atom. The van der Waals surface area contributed by atoms with Crippen molar-refractivity contribution in [2.75, 3.05) is 0 Å². The van der Waals surface area contributed by atoms with Crippen LogP contribution in [0.4, 0.5) is 0 Å². The van der Waals surface area contributed by atoms with Gasteiger partial charge < -0.3 is 4.43 Å². The van der Waals surface area contributed by atoms with E-state index < -0.39 is 8.32 Å². The van der Waals surface area contributed by atoms with Crippen LogP contribution < -0.4 is 0 Å². The van der Waals surface area contributed by atoms with Crippen molar-refractivity contribution in [2.45, 2.75) is 26.6 Å². The molecule has 0 heterocycles. The van der Waals surface area contributed by atoms with Crippen LogP contribution in [0.25, 0.3) is 6.08 Å².